The minimum Gasteiger partial charge on any atom is -0.504 e. The van der Waals surface area contributed by atoms with E-state index in [1.54, 1.807) is 12.1 Å². The average molecular weight is 356 g/mol. The number of carbonyl (C=O) groups excluding carboxylic acids is 1. The number of hydrazone groups is 1. The van der Waals surface area contributed by atoms with Gasteiger partial charge in [0.15, 0.2) is 18.1 Å². The zero-order chi connectivity index (χ0) is 18.9. The molecule has 6 heteroatoms. The number of rotatable bonds is 8. The molecule has 0 heterocycles. The van der Waals surface area contributed by atoms with Crippen molar-refractivity contribution in [2.45, 2.75) is 26.2 Å². The van der Waals surface area contributed by atoms with Gasteiger partial charge in [0, 0.05) is 0 Å². The van der Waals surface area contributed by atoms with Gasteiger partial charge in [-0.2, -0.15) is 5.10 Å². The minimum absolute atomic E-state index is 0.0436. The van der Waals surface area contributed by atoms with Gasteiger partial charge in [-0.3, -0.25) is 4.79 Å². The van der Waals surface area contributed by atoms with Gasteiger partial charge in [0.2, 0.25) is 0 Å². The van der Waals surface area contributed by atoms with Crippen LogP contribution in [0.4, 0.5) is 0 Å². The number of hydrogen-bond donors (Lipinski definition) is 2. The van der Waals surface area contributed by atoms with E-state index < -0.39 is 0 Å². The lowest BCUT2D eigenvalue weighted by molar-refractivity contribution is -0.123. The second-order valence-corrected chi connectivity index (χ2v) is 5.86. The van der Waals surface area contributed by atoms with Crippen LogP contribution < -0.4 is 14.9 Å². The van der Waals surface area contributed by atoms with E-state index in [1.165, 1.54) is 19.4 Å². The highest BCUT2D eigenvalue weighted by molar-refractivity contribution is 5.83. The van der Waals surface area contributed by atoms with E-state index in [2.05, 4.69) is 24.4 Å². The van der Waals surface area contributed by atoms with Crippen LogP contribution in [0.2, 0.25) is 0 Å². The van der Waals surface area contributed by atoms with Crippen molar-refractivity contribution < 1.29 is 19.4 Å². The number of carbonyl (C=O) groups is 1. The fourth-order valence-electron chi connectivity index (χ4n) is 2.37. The number of amides is 1. The maximum atomic E-state index is 11.9. The Kier molecular flexibility index (Phi) is 7.02. The number of nitrogens with one attached hydrogen (secondary N) is 1. The number of aromatic hydroxyl groups is 1. The first-order valence-electron chi connectivity index (χ1n) is 8.45. The largest absolute Gasteiger partial charge is 0.504 e. The second kappa shape index (κ2) is 9.46. The van der Waals surface area contributed by atoms with E-state index in [4.69, 9.17) is 9.47 Å². The van der Waals surface area contributed by atoms with Gasteiger partial charge < -0.3 is 14.6 Å². The molecule has 0 radical (unpaired) electrons. The Morgan fingerprint density at radius 3 is 2.77 bits per heavy atom. The van der Waals surface area contributed by atoms with Crippen molar-refractivity contribution >= 4 is 12.1 Å². The topological polar surface area (TPSA) is 80.2 Å². The third-order valence-electron chi connectivity index (χ3n) is 4.03. The minimum atomic E-state index is -0.356. The van der Waals surface area contributed by atoms with Gasteiger partial charge in [-0.25, -0.2) is 5.43 Å². The summed E-state index contributed by atoms with van der Waals surface area (Å²) in [5.41, 5.74) is 4.19. The molecular formula is C20H24N2O4. The quantitative estimate of drug-likeness (QED) is 0.561. The summed E-state index contributed by atoms with van der Waals surface area (Å²) >= 11 is 0. The van der Waals surface area contributed by atoms with E-state index in [0.717, 1.165) is 12.0 Å². The van der Waals surface area contributed by atoms with Crippen LogP contribution in [-0.4, -0.2) is 30.9 Å². The number of benzene rings is 2. The number of phenolic OH excluding ortho intramolecular Hbond substituents is 1. The Hall–Kier alpha value is -3.02. The van der Waals surface area contributed by atoms with Gasteiger partial charge in [0.05, 0.1) is 13.3 Å². The SMILES string of the molecule is CCC(C)c1ccccc1OCC(=O)N/N=C/c1ccc(O)c(OC)c1. The van der Waals surface area contributed by atoms with Crippen LogP contribution in [0, 0.1) is 0 Å². The zero-order valence-corrected chi connectivity index (χ0v) is 15.2. The summed E-state index contributed by atoms with van der Waals surface area (Å²) in [4.78, 5) is 11.9. The summed E-state index contributed by atoms with van der Waals surface area (Å²) in [6.07, 6.45) is 2.46. The van der Waals surface area contributed by atoms with Crippen molar-refractivity contribution in [2.24, 2.45) is 5.10 Å². The van der Waals surface area contributed by atoms with E-state index in [1.807, 2.05) is 24.3 Å². The molecule has 1 unspecified atom stereocenters. The second-order valence-electron chi connectivity index (χ2n) is 5.86. The number of phenols is 1. The third-order valence-corrected chi connectivity index (χ3v) is 4.03. The van der Waals surface area contributed by atoms with Gasteiger partial charge in [-0.1, -0.05) is 32.0 Å². The van der Waals surface area contributed by atoms with Gasteiger partial charge in [0.1, 0.15) is 5.75 Å². The molecular weight excluding hydrogens is 332 g/mol. The van der Waals surface area contributed by atoms with Crippen molar-refractivity contribution in [3.8, 4) is 17.2 Å². The molecule has 6 nitrogen and oxygen atoms in total. The zero-order valence-electron chi connectivity index (χ0n) is 15.2. The predicted octanol–water partition coefficient (Wildman–Crippen LogP) is 3.44. The molecule has 0 saturated heterocycles. The maximum Gasteiger partial charge on any atom is 0.277 e. The molecule has 0 spiro atoms. The smallest absolute Gasteiger partial charge is 0.277 e. The third kappa shape index (κ3) is 5.24. The Balaban J connectivity index is 1.90. The first kappa shape index (κ1) is 19.3. The molecule has 138 valence electrons. The lowest BCUT2D eigenvalue weighted by Crippen LogP contribution is -2.25. The van der Waals surface area contributed by atoms with Crippen LogP contribution >= 0.6 is 0 Å². The standard InChI is InChI=1S/C20H24N2O4/c1-4-14(2)16-7-5-6-8-18(16)26-13-20(24)22-21-12-15-9-10-17(23)19(11-15)25-3/h5-12,14,23H,4,13H2,1-3H3,(H,22,24)/b21-12+. The monoisotopic (exact) mass is 356 g/mol. The Labute approximate surface area is 153 Å². The molecule has 0 saturated carbocycles. The normalized spacial score (nSPS) is 12.0. The number of para-hydroxylation sites is 1. The van der Waals surface area contributed by atoms with E-state index in [-0.39, 0.29) is 18.3 Å². The van der Waals surface area contributed by atoms with Crippen molar-refractivity contribution in [3.05, 3.63) is 53.6 Å². The molecule has 0 aromatic heterocycles. The highest BCUT2D eigenvalue weighted by Gasteiger charge is 2.10. The molecule has 2 aromatic rings. The number of methoxy groups -OCH3 is 1. The summed E-state index contributed by atoms with van der Waals surface area (Å²) in [7, 11) is 1.46. The van der Waals surface area contributed by atoms with Crippen LogP contribution in [0.25, 0.3) is 0 Å². The molecule has 2 N–H and O–H groups in total. The van der Waals surface area contributed by atoms with Crippen LogP contribution in [0.3, 0.4) is 0 Å². The fraction of sp³-hybridized carbons (Fsp3) is 0.300. The van der Waals surface area contributed by atoms with E-state index in [0.29, 0.717) is 23.0 Å². The molecule has 1 amide bonds. The molecule has 26 heavy (non-hydrogen) atoms. The fourth-order valence-corrected chi connectivity index (χ4v) is 2.37. The van der Waals surface area contributed by atoms with Crippen LogP contribution in [0.5, 0.6) is 17.2 Å². The molecule has 2 rings (SSSR count). The molecule has 0 aliphatic rings. The maximum absolute atomic E-state index is 11.9. The van der Waals surface area contributed by atoms with Crippen LogP contribution in [-0.2, 0) is 4.79 Å². The van der Waals surface area contributed by atoms with Gasteiger partial charge in [-0.05, 0) is 47.7 Å². The van der Waals surface area contributed by atoms with Crippen molar-refractivity contribution in [2.75, 3.05) is 13.7 Å². The van der Waals surface area contributed by atoms with E-state index >= 15 is 0 Å². The number of ether oxygens (including phenoxy) is 2. The Bertz CT molecular complexity index is 774. The molecule has 0 aliphatic carbocycles. The Morgan fingerprint density at radius 2 is 2.04 bits per heavy atom. The van der Waals surface area contributed by atoms with Crippen molar-refractivity contribution in [1.29, 1.82) is 0 Å². The molecule has 0 fully saturated rings. The molecule has 0 aliphatic heterocycles. The summed E-state index contributed by atoms with van der Waals surface area (Å²) < 4.78 is 10.7. The van der Waals surface area contributed by atoms with Gasteiger partial charge >= 0.3 is 0 Å². The number of hydrogen-bond acceptors (Lipinski definition) is 5. The Morgan fingerprint density at radius 1 is 1.27 bits per heavy atom. The first-order chi connectivity index (χ1) is 12.5. The lowest BCUT2D eigenvalue weighted by Gasteiger charge is -2.15. The van der Waals surface area contributed by atoms with E-state index in [9.17, 15) is 9.90 Å². The first-order valence-corrected chi connectivity index (χ1v) is 8.45. The average Bonchev–Trinajstić information content (AvgIpc) is 2.67. The van der Waals surface area contributed by atoms with Crippen molar-refractivity contribution in [3.63, 3.8) is 0 Å². The molecule has 1 atom stereocenters. The summed E-state index contributed by atoms with van der Waals surface area (Å²) in [6, 6.07) is 12.5. The predicted molar refractivity (Wildman–Crippen MR) is 101 cm³/mol. The van der Waals surface area contributed by atoms with Gasteiger partial charge in [-0.15, -0.1) is 0 Å². The van der Waals surface area contributed by atoms with Crippen LogP contribution in [0.15, 0.2) is 47.6 Å². The number of nitrogens with zero attached hydrogens (tertiary/aromatic N) is 1. The molecule has 2 aromatic carbocycles. The summed E-state index contributed by atoms with van der Waals surface area (Å²) in [6.45, 7) is 4.11. The summed E-state index contributed by atoms with van der Waals surface area (Å²) in [5, 5.41) is 13.4. The van der Waals surface area contributed by atoms with Crippen molar-refractivity contribution in [1.82, 2.24) is 5.43 Å². The highest BCUT2D eigenvalue weighted by Crippen LogP contribution is 2.28. The highest BCUT2D eigenvalue weighted by atomic mass is 16.5. The molecule has 0 bridgehead atoms. The van der Waals surface area contributed by atoms with Crippen LogP contribution in [0.1, 0.15) is 37.3 Å². The lowest BCUT2D eigenvalue weighted by atomic mass is 9.98. The van der Waals surface area contributed by atoms with Gasteiger partial charge in [0.25, 0.3) is 5.91 Å². The summed E-state index contributed by atoms with van der Waals surface area (Å²) in [5.74, 6) is 1.10.